The Morgan fingerprint density at radius 1 is 1.04 bits per heavy atom. The molecule has 1 aliphatic rings. The van der Waals surface area contributed by atoms with Crippen LogP contribution in [0.4, 0.5) is 4.39 Å². The quantitative estimate of drug-likeness (QED) is 0.463. The highest BCUT2D eigenvalue weighted by Gasteiger charge is 2.26. The van der Waals surface area contributed by atoms with Gasteiger partial charge in [0.1, 0.15) is 5.82 Å². The van der Waals surface area contributed by atoms with E-state index in [1.807, 2.05) is 30.3 Å². The van der Waals surface area contributed by atoms with Crippen molar-refractivity contribution in [3.8, 4) is 22.6 Å². The molecule has 2 heterocycles. The molecule has 0 bridgehead atoms. The first-order valence-electron chi connectivity index (χ1n) is 8.88. The molecule has 0 N–H and O–H groups in total. The molecule has 4 nitrogen and oxygen atoms in total. The minimum Gasteiger partial charge on any atom is -0.339 e. The van der Waals surface area contributed by atoms with Crippen molar-refractivity contribution in [2.45, 2.75) is 25.2 Å². The Kier molecular flexibility index (Phi) is 4.05. The van der Waals surface area contributed by atoms with Crippen molar-refractivity contribution < 1.29 is 8.91 Å². The van der Waals surface area contributed by atoms with E-state index in [1.165, 1.54) is 30.0 Å². The molecule has 1 fully saturated rings. The molecular formula is C21H16FN3OS. The molecule has 0 saturated heterocycles. The molecule has 2 aromatic heterocycles. The second-order valence-electron chi connectivity index (χ2n) is 6.74. The molecule has 0 atom stereocenters. The first-order valence-corrected chi connectivity index (χ1v) is 9.76. The van der Waals surface area contributed by atoms with Gasteiger partial charge >= 0.3 is 0 Å². The molecule has 6 heteroatoms. The number of thiazole rings is 1. The van der Waals surface area contributed by atoms with E-state index in [4.69, 9.17) is 9.51 Å². The molecule has 5 rings (SSSR count). The van der Waals surface area contributed by atoms with Crippen LogP contribution in [0.3, 0.4) is 0 Å². The topological polar surface area (TPSA) is 51.8 Å². The number of rotatable bonds is 5. The molecule has 1 saturated carbocycles. The van der Waals surface area contributed by atoms with Gasteiger partial charge in [-0.3, -0.25) is 0 Å². The highest BCUT2D eigenvalue weighted by atomic mass is 32.1. The maximum absolute atomic E-state index is 13.3. The molecule has 1 aliphatic carbocycles. The van der Waals surface area contributed by atoms with Crippen LogP contribution >= 0.6 is 11.3 Å². The zero-order valence-corrected chi connectivity index (χ0v) is 15.2. The van der Waals surface area contributed by atoms with Crippen LogP contribution in [0.5, 0.6) is 0 Å². The number of aromatic nitrogens is 3. The Morgan fingerprint density at radius 2 is 1.85 bits per heavy atom. The monoisotopic (exact) mass is 377 g/mol. The fraction of sp³-hybridized carbons (Fsp3) is 0.190. The summed E-state index contributed by atoms with van der Waals surface area (Å²) < 4.78 is 18.6. The van der Waals surface area contributed by atoms with Crippen molar-refractivity contribution in [1.82, 2.24) is 15.1 Å². The number of halogens is 1. The molecule has 0 aliphatic heterocycles. The predicted molar refractivity (Wildman–Crippen MR) is 102 cm³/mol. The second-order valence-corrected chi connectivity index (χ2v) is 7.63. The highest BCUT2D eigenvalue weighted by molar-refractivity contribution is 7.10. The molecular weight excluding hydrogens is 361 g/mol. The Morgan fingerprint density at radius 3 is 2.63 bits per heavy atom. The molecule has 0 radical (unpaired) electrons. The van der Waals surface area contributed by atoms with Crippen molar-refractivity contribution in [2.75, 3.05) is 0 Å². The van der Waals surface area contributed by atoms with Crippen LogP contribution in [-0.2, 0) is 6.42 Å². The summed E-state index contributed by atoms with van der Waals surface area (Å²) in [7, 11) is 0. The minimum atomic E-state index is -0.269. The molecule has 0 amide bonds. The second kappa shape index (κ2) is 6.70. The maximum atomic E-state index is 13.3. The summed E-state index contributed by atoms with van der Waals surface area (Å²) in [6, 6.07) is 14.4. The molecule has 134 valence electrons. The van der Waals surface area contributed by atoms with E-state index in [1.54, 1.807) is 17.4 Å². The van der Waals surface area contributed by atoms with Crippen LogP contribution in [0.25, 0.3) is 22.6 Å². The van der Waals surface area contributed by atoms with Gasteiger partial charge in [0.2, 0.25) is 11.7 Å². The van der Waals surface area contributed by atoms with E-state index in [-0.39, 0.29) is 5.82 Å². The lowest BCUT2D eigenvalue weighted by Crippen LogP contribution is -1.89. The van der Waals surface area contributed by atoms with Gasteiger partial charge in [0.05, 0.1) is 17.1 Å². The van der Waals surface area contributed by atoms with Crippen molar-refractivity contribution >= 4 is 11.3 Å². The van der Waals surface area contributed by atoms with Crippen LogP contribution < -0.4 is 0 Å². The third-order valence-corrected chi connectivity index (χ3v) is 5.61. The first kappa shape index (κ1) is 16.3. The highest BCUT2D eigenvalue weighted by Crippen LogP contribution is 2.42. The van der Waals surface area contributed by atoms with Crippen LogP contribution in [0.15, 0.2) is 58.4 Å². The van der Waals surface area contributed by atoms with E-state index >= 15 is 0 Å². The SMILES string of the molecule is Fc1cccc(Cc2nc(-c3ccc(-c4csc(C5CC5)n4)cc3)no2)c1. The summed E-state index contributed by atoms with van der Waals surface area (Å²) in [5.41, 5.74) is 3.79. The lowest BCUT2D eigenvalue weighted by molar-refractivity contribution is 0.385. The van der Waals surface area contributed by atoms with Crippen LogP contribution in [-0.4, -0.2) is 15.1 Å². The zero-order valence-electron chi connectivity index (χ0n) is 14.4. The Balaban J connectivity index is 1.33. The van der Waals surface area contributed by atoms with Gasteiger partial charge in [-0.2, -0.15) is 4.98 Å². The van der Waals surface area contributed by atoms with Gasteiger partial charge in [0.15, 0.2) is 0 Å². The van der Waals surface area contributed by atoms with E-state index in [0.717, 1.165) is 22.4 Å². The minimum absolute atomic E-state index is 0.269. The average molecular weight is 377 g/mol. The number of hydrogen-bond donors (Lipinski definition) is 0. The van der Waals surface area contributed by atoms with E-state index in [2.05, 4.69) is 15.5 Å². The van der Waals surface area contributed by atoms with Crippen LogP contribution in [0, 0.1) is 5.82 Å². The molecule has 0 unspecified atom stereocenters. The van der Waals surface area contributed by atoms with Gasteiger partial charge in [-0.15, -0.1) is 11.3 Å². The number of benzene rings is 2. The third-order valence-electron chi connectivity index (χ3n) is 4.60. The summed E-state index contributed by atoms with van der Waals surface area (Å²) in [5.74, 6) is 1.41. The van der Waals surface area contributed by atoms with Crippen molar-refractivity contribution in [3.05, 3.63) is 76.2 Å². The molecule has 0 spiro atoms. The third kappa shape index (κ3) is 3.53. The van der Waals surface area contributed by atoms with E-state index in [0.29, 0.717) is 24.1 Å². The standard InChI is InChI=1S/C21H16FN3OS/c22-17-3-1-2-13(10-17)11-19-24-20(25-26-19)15-6-4-14(5-7-15)18-12-27-21(23-18)16-8-9-16/h1-7,10,12,16H,8-9,11H2. The Bertz CT molecular complexity index is 1080. The van der Waals surface area contributed by atoms with Crippen molar-refractivity contribution in [2.24, 2.45) is 0 Å². The summed E-state index contributed by atoms with van der Waals surface area (Å²) >= 11 is 1.74. The Hall–Kier alpha value is -2.86. The van der Waals surface area contributed by atoms with Gasteiger partial charge in [-0.05, 0) is 30.5 Å². The fourth-order valence-corrected chi connectivity index (χ4v) is 3.99. The average Bonchev–Trinajstić information content (AvgIpc) is 3.23. The normalized spacial score (nSPS) is 13.8. The number of nitrogens with zero attached hydrogens (tertiary/aromatic N) is 3. The predicted octanol–water partition coefficient (Wildman–Crippen LogP) is 5.47. The lowest BCUT2D eigenvalue weighted by Gasteiger charge is -1.98. The van der Waals surface area contributed by atoms with Gasteiger partial charge in [-0.1, -0.05) is 41.6 Å². The summed E-state index contributed by atoms with van der Waals surface area (Å²) in [6.45, 7) is 0. The molecule has 4 aromatic rings. The van der Waals surface area contributed by atoms with Gasteiger partial charge in [-0.25, -0.2) is 9.37 Å². The largest absolute Gasteiger partial charge is 0.339 e. The van der Waals surface area contributed by atoms with E-state index < -0.39 is 0 Å². The zero-order chi connectivity index (χ0) is 18.2. The number of hydrogen-bond acceptors (Lipinski definition) is 5. The maximum Gasteiger partial charge on any atom is 0.231 e. The van der Waals surface area contributed by atoms with Gasteiger partial charge in [0, 0.05) is 22.4 Å². The first-order chi connectivity index (χ1) is 13.2. The smallest absolute Gasteiger partial charge is 0.231 e. The van der Waals surface area contributed by atoms with Crippen molar-refractivity contribution in [3.63, 3.8) is 0 Å². The summed E-state index contributed by atoms with van der Waals surface area (Å²) in [4.78, 5) is 9.17. The van der Waals surface area contributed by atoms with Crippen LogP contribution in [0.1, 0.15) is 35.2 Å². The van der Waals surface area contributed by atoms with E-state index in [9.17, 15) is 4.39 Å². The van der Waals surface area contributed by atoms with Gasteiger partial charge in [0.25, 0.3) is 0 Å². The van der Waals surface area contributed by atoms with Crippen molar-refractivity contribution in [1.29, 1.82) is 0 Å². The van der Waals surface area contributed by atoms with Gasteiger partial charge < -0.3 is 4.52 Å². The van der Waals surface area contributed by atoms with Crippen LogP contribution in [0.2, 0.25) is 0 Å². The molecule has 2 aromatic carbocycles. The fourth-order valence-electron chi connectivity index (χ4n) is 2.99. The molecule has 27 heavy (non-hydrogen) atoms. The Labute approximate surface area is 159 Å². The summed E-state index contributed by atoms with van der Waals surface area (Å²) in [5, 5.41) is 7.41. The summed E-state index contributed by atoms with van der Waals surface area (Å²) in [6.07, 6.45) is 2.94. The lowest BCUT2D eigenvalue weighted by atomic mass is 10.1.